The molecule has 0 bridgehead atoms. The summed E-state index contributed by atoms with van der Waals surface area (Å²) < 4.78 is 13.6. The first kappa shape index (κ1) is 23.2. The molecule has 1 saturated heterocycles. The van der Waals surface area contributed by atoms with E-state index in [0.717, 1.165) is 65.4 Å². The van der Waals surface area contributed by atoms with Crippen molar-refractivity contribution in [3.05, 3.63) is 27.3 Å². The van der Waals surface area contributed by atoms with E-state index < -0.39 is 5.54 Å². The van der Waals surface area contributed by atoms with Gasteiger partial charge in [-0.15, -0.1) is 0 Å². The van der Waals surface area contributed by atoms with Gasteiger partial charge in [0.15, 0.2) is 0 Å². The Morgan fingerprint density at radius 2 is 1.77 bits per heavy atom. The molecule has 1 amide bonds. The Balaban J connectivity index is 1.53. The highest BCUT2D eigenvalue weighted by Gasteiger charge is 2.52. The fourth-order valence-corrected chi connectivity index (χ4v) is 5.54. The first-order valence-corrected chi connectivity index (χ1v) is 12.7. The molecule has 4 rings (SSSR count). The third-order valence-corrected chi connectivity index (χ3v) is 8.33. The van der Waals surface area contributed by atoms with Crippen LogP contribution in [0.15, 0.2) is 23.2 Å². The number of hydrogen-bond donors (Lipinski definition) is 0. The number of benzene rings is 1. The van der Waals surface area contributed by atoms with E-state index in [9.17, 15) is 4.79 Å². The number of aliphatic imine (C=N–C) groups is 1. The number of nitrogens with zero attached hydrogens (tertiary/aromatic N) is 2. The molecule has 1 aliphatic carbocycles. The number of carbonyl (C=O) groups is 1. The predicted octanol–water partition coefficient (Wildman–Crippen LogP) is 4.83. The first-order valence-electron chi connectivity index (χ1n) is 11.6. The van der Waals surface area contributed by atoms with Gasteiger partial charge >= 0.3 is 7.12 Å². The Morgan fingerprint density at radius 3 is 2.35 bits per heavy atom. The van der Waals surface area contributed by atoms with Crippen LogP contribution < -0.4 is 5.46 Å². The molecular formula is C24H34BIN2O3. The van der Waals surface area contributed by atoms with Crippen molar-refractivity contribution >= 4 is 46.9 Å². The zero-order chi connectivity index (χ0) is 22.4. The summed E-state index contributed by atoms with van der Waals surface area (Å²) in [5, 5.41) is 0. The summed E-state index contributed by atoms with van der Waals surface area (Å²) in [5.41, 5.74) is 0.974. The van der Waals surface area contributed by atoms with Crippen LogP contribution in [0.5, 0.6) is 0 Å². The molecule has 5 nitrogen and oxygen atoms in total. The molecule has 1 aromatic rings. The zero-order valence-electron chi connectivity index (χ0n) is 19.5. The molecule has 0 N–H and O–H groups in total. The van der Waals surface area contributed by atoms with Crippen LogP contribution in [-0.4, -0.2) is 40.5 Å². The molecular weight excluding hydrogens is 502 g/mol. The van der Waals surface area contributed by atoms with E-state index in [4.69, 9.17) is 14.3 Å². The van der Waals surface area contributed by atoms with E-state index in [1.807, 2.05) is 4.90 Å². The van der Waals surface area contributed by atoms with Crippen molar-refractivity contribution in [2.75, 3.05) is 0 Å². The van der Waals surface area contributed by atoms with Crippen molar-refractivity contribution in [2.24, 2.45) is 4.99 Å². The van der Waals surface area contributed by atoms with Gasteiger partial charge in [0.1, 0.15) is 11.4 Å². The van der Waals surface area contributed by atoms with Gasteiger partial charge in [-0.3, -0.25) is 14.7 Å². The van der Waals surface area contributed by atoms with Crippen LogP contribution in [-0.2, 0) is 20.6 Å². The Kier molecular flexibility index (Phi) is 6.34. The lowest BCUT2D eigenvalue weighted by Gasteiger charge is -2.32. The van der Waals surface area contributed by atoms with Gasteiger partial charge < -0.3 is 9.31 Å². The molecule has 31 heavy (non-hydrogen) atoms. The van der Waals surface area contributed by atoms with Crippen molar-refractivity contribution in [1.82, 2.24) is 4.90 Å². The molecule has 2 fully saturated rings. The second kappa shape index (κ2) is 8.45. The summed E-state index contributed by atoms with van der Waals surface area (Å²) in [6, 6.07) is 6.35. The van der Waals surface area contributed by atoms with E-state index in [1.165, 1.54) is 0 Å². The summed E-state index contributed by atoms with van der Waals surface area (Å²) in [6.45, 7) is 11.1. The highest BCUT2D eigenvalue weighted by molar-refractivity contribution is 14.1. The summed E-state index contributed by atoms with van der Waals surface area (Å²) in [5.74, 6) is 1.19. The predicted molar refractivity (Wildman–Crippen MR) is 134 cm³/mol. The van der Waals surface area contributed by atoms with Crippen molar-refractivity contribution < 1.29 is 14.1 Å². The lowest BCUT2D eigenvalue weighted by molar-refractivity contribution is -0.131. The zero-order valence-corrected chi connectivity index (χ0v) is 21.6. The van der Waals surface area contributed by atoms with Gasteiger partial charge in [-0.25, -0.2) is 0 Å². The number of amides is 1. The fourth-order valence-electron chi connectivity index (χ4n) is 4.71. The third-order valence-electron chi connectivity index (χ3n) is 7.40. The van der Waals surface area contributed by atoms with Crippen LogP contribution in [0, 0.1) is 3.57 Å². The van der Waals surface area contributed by atoms with Crippen LogP contribution in [0.25, 0.3) is 0 Å². The van der Waals surface area contributed by atoms with E-state index in [2.05, 4.69) is 75.4 Å². The summed E-state index contributed by atoms with van der Waals surface area (Å²) in [6.07, 6.45) is 7.06. The SMILES string of the molecule is CCCCC1=NC2(CCCC2)C(=O)N1Cc1ccc(B2OC(C)(C)C(C)(C)O2)c(I)c1. The molecule has 2 aliphatic heterocycles. The van der Waals surface area contributed by atoms with Crippen molar-refractivity contribution in [3.8, 4) is 0 Å². The Bertz CT molecular complexity index is 877. The van der Waals surface area contributed by atoms with Crippen LogP contribution in [0.2, 0.25) is 0 Å². The second-order valence-electron chi connectivity index (χ2n) is 10.2. The third kappa shape index (κ3) is 4.22. The standard InChI is InChI=1S/C24H34BIN2O3/c1-6-7-10-20-27-24(13-8-9-14-24)21(29)28(20)16-17-11-12-18(19(26)15-17)25-30-22(2,3)23(4,5)31-25/h11-12,15H,6-10,13-14,16H2,1-5H3. The second-order valence-corrected chi connectivity index (χ2v) is 11.4. The average molecular weight is 536 g/mol. The minimum Gasteiger partial charge on any atom is -0.399 e. The minimum atomic E-state index is -0.473. The number of hydrogen-bond acceptors (Lipinski definition) is 4. The maximum atomic E-state index is 13.4. The maximum absolute atomic E-state index is 13.4. The van der Waals surface area contributed by atoms with Gasteiger partial charge in [-0.05, 0) is 86.6 Å². The van der Waals surface area contributed by atoms with Crippen molar-refractivity contribution in [1.29, 1.82) is 0 Å². The van der Waals surface area contributed by atoms with Crippen LogP contribution >= 0.6 is 22.6 Å². The lowest BCUT2D eigenvalue weighted by atomic mass is 9.79. The van der Waals surface area contributed by atoms with Crippen LogP contribution in [0.4, 0.5) is 0 Å². The number of halogens is 1. The molecule has 2 heterocycles. The topological polar surface area (TPSA) is 51.1 Å². The first-order chi connectivity index (χ1) is 14.6. The van der Waals surface area contributed by atoms with Gasteiger partial charge in [-0.2, -0.15) is 0 Å². The number of unbranched alkanes of at least 4 members (excludes halogenated alkanes) is 1. The smallest absolute Gasteiger partial charge is 0.399 e. The molecule has 168 valence electrons. The molecule has 0 radical (unpaired) electrons. The highest BCUT2D eigenvalue weighted by atomic mass is 127. The quantitative estimate of drug-likeness (QED) is 0.387. The summed E-state index contributed by atoms with van der Waals surface area (Å²) >= 11 is 2.36. The molecule has 0 atom stereocenters. The molecule has 7 heteroatoms. The molecule has 1 saturated carbocycles. The largest absolute Gasteiger partial charge is 0.495 e. The average Bonchev–Trinajstić information content (AvgIpc) is 3.32. The number of amidine groups is 1. The Morgan fingerprint density at radius 1 is 1.13 bits per heavy atom. The molecule has 1 aromatic carbocycles. The monoisotopic (exact) mass is 536 g/mol. The normalized spacial score (nSPS) is 23.8. The maximum Gasteiger partial charge on any atom is 0.495 e. The van der Waals surface area contributed by atoms with Gasteiger partial charge in [0.25, 0.3) is 5.91 Å². The van der Waals surface area contributed by atoms with Gasteiger partial charge in [0.2, 0.25) is 0 Å². The Labute approximate surface area is 200 Å². The lowest BCUT2D eigenvalue weighted by Crippen LogP contribution is -2.41. The van der Waals surface area contributed by atoms with Crippen LogP contribution in [0.3, 0.4) is 0 Å². The number of carbonyl (C=O) groups excluding carboxylic acids is 1. The number of rotatable bonds is 6. The van der Waals surface area contributed by atoms with Gasteiger partial charge in [0.05, 0.1) is 17.7 Å². The minimum absolute atomic E-state index is 0.209. The van der Waals surface area contributed by atoms with E-state index in [-0.39, 0.29) is 24.2 Å². The highest BCUT2D eigenvalue weighted by Crippen LogP contribution is 2.40. The summed E-state index contributed by atoms with van der Waals surface area (Å²) in [7, 11) is -0.372. The molecule has 3 aliphatic rings. The van der Waals surface area contributed by atoms with Gasteiger partial charge in [-0.1, -0.05) is 38.3 Å². The fraction of sp³-hybridized carbons (Fsp3) is 0.667. The van der Waals surface area contributed by atoms with Crippen LogP contribution in [0.1, 0.15) is 85.1 Å². The molecule has 1 spiro atoms. The van der Waals surface area contributed by atoms with E-state index in [0.29, 0.717) is 6.54 Å². The van der Waals surface area contributed by atoms with E-state index >= 15 is 0 Å². The Hall–Kier alpha value is -0.925. The van der Waals surface area contributed by atoms with Gasteiger partial charge in [0, 0.05) is 9.99 Å². The van der Waals surface area contributed by atoms with E-state index in [1.54, 1.807) is 0 Å². The summed E-state index contributed by atoms with van der Waals surface area (Å²) in [4.78, 5) is 20.3. The van der Waals surface area contributed by atoms with Crippen molar-refractivity contribution in [2.45, 2.75) is 103 Å². The van der Waals surface area contributed by atoms with Crippen molar-refractivity contribution in [3.63, 3.8) is 0 Å². The molecule has 0 unspecified atom stereocenters. The molecule has 0 aromatic heterocycles.